The third-order valence-corrected chi connectivity index (χ3v) is 6.94. The average Bonchev–Trinajstić information content (AvgIpc) is 3.02. The summed E-state index contributed by atoms with van der Waals surface area (Å²) in [4.78, 5) is 30.4. The first-order chi connectivity index (χ1) is 21.9. The summed E-state index contributed by atoms with van der Waals surface area (Å²) in [6, 6.07) is 11.5. The second kappa shape index (κ2) is 12.4. The Morgan fingerprint density at radius 3 is 2.20 bits per heavy atom. The highest BCUT2D eigenvalue weighted by atomic mass is 19.4. The topological polar surface area (TPSA) is 101 Å². The van der Waals surface area contributed by atoms with Crippen molar-refractivity contribution in [3.05, 3.63) is 106 Å². The van der Waals surface area contributed by atoms with E-state index in [2.05, 4.69) is 10.3 Å². The number of benzene rings is 3. The zero-order valence-electron chi connectivity index (χ0n) is 24.6. The number of aryl methyl sites for hydroxylation is 1. The van der Waals surface area contributed by atoms with E-state index in [0.717, 1.165) is 24.4 Å². The number of alkyl halides is 3. The van der Waals surface area contributed by atoms with Crippen molar-refractivity contribution in [2.45, 2.75) is 13.1 Å². The van der Waals surface area contributed by atoms with Crippen molar-refractivity contribution in [1.82, 2.24) is 9.55 Å². The van der Waals surface area contributed by atoms with Gasteiger partial charge in [0.25, 0.3) is 11.5 Å². The molecule has 0 aliphatic rings. The van der Waals surface area contributed by atoms with E-state index < -0.39 is 46.3 Å². The third kappa shape index (κ3) is 6.01. The van der Waals surface area contributed by atoms with Gasteiger partial charge in [-0.15, -0.1) is 0 Å². The molecule has 3 aromatic carbocycles. The number of hydrogen-bond donors (Lipinski definition) is 1. The van der Waals surface area contributed by atoms with E-state index in [1.54, 1.807) is 0 Å². The summed E-state index contributed by atoms with van der Waals surface area (Å²) in [6.07, 6.45) is -4.04. The summed E-state index contributed by atoms with van der Waals surface area (Å²) in [5.74, 6) is -2.89. The molecule has 2 heterocycles. The lowest BCUT2D eigenvalue weighted by atomic mass is 10.1. The first-order valence-electron chi connectivity index (χ1n) is 13.3. The number of ether oxygens (including phenoxy) is 4. The van der Waals surface area contributed by atoms with Gasteiger partial charge >= 0.3 is 6.18 Å². The average molecular weight is 642 g/mol. The van der Waals surface area contributed by atoms with Crippen LogP contribution in [0.25, 0.3) is 16.6 Å². The molecule has 5 aromatic rings. The fourth-order valence-corrected chi connectivity index (χ4v) is 4.72. The van der Waals surface area contributed by atoms with Crippen LogP contribution in [-0.4, -0.2) is 36.8 Å². The van der Waals surface area contributed by atoms with E-state index in [9.17, 15) is 27.2 Å². The van der Waals surface area contributed by atoms with Crippen LogP contribution in [-0.2, 0) is 6.18 Å². The Balaban J connectivity index is 1.47. The molecule has 0 aliphatic carbocycles. The summed E-state index contributed by atoms with van der Waals surface area (Å²) in [6.45, 7) is 1.48. The summed E-state index contributed by atoms with van der Waals surface area (Å²) in [7, 11) is 4.17. The van der Waals surface area contributed by atoms with Gasteiger partial charge in [0, 0.05) is 23.2 Å². The quantitative estimate of drug-likeness (QED) is 0.181. The first-order valence-corrected chi connectivity index (χ1v) is 13.3. The van der Waals surface area contributed by atoms with Crippen molar-refractivity contribution in [1.29, 1.82) is 0 Å². The van der Waals surface area contributed by atoms with Gasteiger partial charge in [-0.2, -0.15) is 13.2 Å². The minimum atomic E-state index is -4.93. The van der Waals surface area contributed by atoms with Gasteiger partial charge in [0.2, 0.25) is 0 Å². The number of halogens is 5. The van der Waals surface area contributed by atoms with Crippen LogP contribution in [0.4, 0.5) is 27.6 Å². The van der Waals surface area contributed by atoms with Crippen LogP contribution >= 0.6 is 0 Å². The van der Waals surface area contributed by atoms with Gasteiger partial charge in [-0.05, 0) is 61.0 Å². The minimum absolute atomic E-state index is 0.118. The molecule has 0 unspecified atom stereocenters. The number of amides is 1. The first kappa shape index (κ1) is 31.8. The predicted octanol–water partition coefficient (Wildman–Crippen LogP) is 7.06. The fourth-order valence-electron chi connectivity index (χ4n) is 4.72. The monoisotopic (exact) mass is 641 g/mol. The van der Waals surface area contributed by atoms with Gasteiger partial charge < -0.3 is 24.3 Å². The van der Waals surface area contributed by atoms with E-state index >= 15 is 4.39 Å². The zero-order chi connectivity index (χ0) is 33.3. The SMILES string of the molecule is COc1ccc(-n2c(C(F)(F)F)ccc(C(=O)Nc3ccc(Oc4c(F)cnc5cc(OC)c(OC)cc45)c(F)c3)c2=O)c(C)c1. The van der Waals surface area contributed by atoms with E-state index in [0.29, 0.717) is 22.1 Å². The number of carbonyl (C=O) groups excluding carboxylic acids is 1. The maximum atomic E-state index is 15.2. The molecule has 0 aliphatic heterocycles. The standard InChI is InChI=1S/C32H24F5N3O6/c1-16-11-18(43-2)6-8-24(16)40-28(32(35,36)37)10-7-19(31(40)42)30(41)39-17-5-9-25(21(33)12-17)46-29-20-13-26(44-3)27(45-4)14-23(20)38-15-22(29)34/h5-15H,1-4H3,(H,39,41). The molecule has 0 bridgehead atoms. The number of aromatic nitrogens is 2. The van der Waals surface area contributed by atoms with Gasteiger partial charge in [0.1, 0.15) is 17.0 Å². The second-order valence-electron chi connectivity index (χ2n) is 9.78. The molecule has 9 nitrogen and oxygen atoms in total. The maximum Gasteiger partial charge on any atom is 0.431 e. The molecule has 0 saturated carbocycles. The Hall–Kier alpha value is -5.66. The van der Waals surface area contributed by atoms with Crippen LogP contribution in [0.3, 0.4) is 0 Å². The number of fused-ring (bicyclic) bond motifs is 1. The predicted molar refractivity (Wildman–Crippen MR) is 158 cm³/mol. The molecule has 1 N–H and O–H groups in total. The summed E-state index contributed by atoms with van der Waals surface area (Å²) < 4.78 is 93.3. The smallest absolute Gasteiger partial charge is 0.431 e. The molecule has 2 aromatic heterocycles. The van der Waals surface area contributed by atoms with Crippen LogP contribution in [0.5, 0.6) is 28.7 Å². The molecule has 0 radical (unpaired) electrons. The lowest BCUT2D eigenvalue weighted by Crippen LogP contribution is -2.33. The molecule has 0 saturated heterocycles. The zero-order valence-corrected chi connectivity index (χ0v) is 24.6. The van der Waals surface area contributed by atoms with Crippen LogP contribution in [0, 0.1) is 18.6 Å². The van der Waals surface area contributed by atoms with Crippen molar-refractivity contribution in [2.75, 3.05) is 26.6 Å². The molecule has 0 fully saturated rings. The van der Waals surface area contributed by atoms with Crippen molar-refractivity contribution in [3.63, 3.8) is 0 Å². The fraction of sp³-hybridized carbons (Fsp3) is 0.156. The number of pyridine rings is 2. The Kier molecular flexibility index (Phi) is 8.55. The van der Waals surface area contributed by atoms with Crippen LogP contribution in [0.1, 0.15) is 21.6 Å². The third-order valence-electron chi connectivity index (χ3n) is 6.94. The molecule has 14 heteroatoms. The van der Waals surface area contributed by atoms with Gasteiger partial charge in [-0.1, -0.05) is 0 Å². The number of anilines is 1. The van der Waals surface area contributed by atoms with E-state index in [4.69, 9.17) is 18.9 Å². The summed E-state index contributed by atoms with van der Waals surface area (Å²) >= 11 is 0. The lowest BCUT2D eigenvalue weighted by molar-refractivity contribution is -0.142. The highest BCUT2D eigenvalue weighted by molar-refractivity contribution is 6.04. The molecular formula is C32H24F5N3O6. The van der Waals surface area contributed by atoms with Crippen molar-refractivity contribution >= 4 is 22.5 Å². The van der Waals surface area contributed by atoms with E-state index in [1.165, 1.54) is 64.7 Å². The largest absolute Gasteiger partial charge is 0.497 e. The molecule has 0 spiro atoms. The number of carbonyl (C=O) groups is 1. The van der Waals surface area contributed by atoms with E-state index in [-0.39, 0.29) is 39.3 Å². The number of hydrogen-bond acceptors (Lipinski definition) is 7. The van der Waals surface area contributed by atoms with Gasteiger partial charge in [-0.25, -0.2) is 8.78 Å². The second-order valence-corrected chi connectivity index (χ2v) is 9.78. The van der Waals surface area contributed by atoms with Crippen LogP contribution in [0.15, 0.2) is 71.7 Å². The highest BCUT2D eigenvalue weighted by Gasteiger charge is 2.36. The molecular weight excluding hydrogens is 617 g/mol. The van der Waals surface area contributed by atoms with Gasteiger partial charge in [-0.3, -0.25) is 19.1 Å². The molecule has 1 amide bonds. The van der Waals surface area contributed by atoms with Crippen molar-refractivity contribution in [2.24, 2.45) is 0 Å². The highest BCUT2D eigenvalue weighted by Crippen LogP contribution is 2.39. The van der Waals surface area contributed by atoms with Gasteiger partial charge in [0.05, 0.1) is 38.7 Å². The van der Waals surface area contributed by atoms with Crippen molar-refractivity contribution in [3.8, 4) is 34.4 Å². The van der Waals surface area contributed by atoms with Gasteiger partial charge in [0.15, 0.2) is 34.6 Å². The number of methoxy groups -OCH3 is 3. The minimum Gasteiger partial charge on any atom is -0.497 e. The molecule has 5 rings (SSSR count). The number of rotatable bonds is 8. The molecule has 0 atom stereocenters. The number of nitrogens with zero attached hydrogens (tertiary/aromatic N) is 2. The Morgan fingerprint density at radius 2 is 1.57 bits per heavy atom. The Morgan fingerprint density at radius 1 is 0.848 bits per heavy atom. The molecule has 238 valence electrons. The molecule has 46 heavy (non-hydrogen) atoms. The summed E-state index contributed by atoms with van der Waals surface area (Å²) in [5, 5.41) is 2.46. The Bertz CT molecular complexity index is 2040. The van der Waals surface area contributed by atoms with E-state index in [1.807, 2.05) is 0 Å². The lowest BCUT2D eigenvalue weighted by Gasteiger charge is -2.18. The number of nitrogens with one attached hydrogen (secondary N) is 1. The summed E-state index contributed by atoms with van der Waals surface area (Å²) in [5.41, 5.74) is -2.93. The van der Waals surface area contributed by atoms with Crippen LogP contribution in [0.2, 0.25) is 0 Å². The maximum absolute atomic E-state index is 15.2. The van der Waals surface area contributed by atoms with Crippen molar-refractivity contribution < 1.29 is 45.7 Å². The Labute approximate surface area is 257 Å². The normalized spacial score (nSPS) is 11.3. The van der Waals surface area contributed by atoms with Crippen LogP contribution < -0.4 is 29.8 Å².